The third-order valence-electron chi connectivity index (χ3n) is 3.09. The van der Waals surface area contributed by atoms with E-state index in [0.717, 1.165) is 24.0 Å². The third-order valence-corrected chi connectivity index (χ3v) is 3.09. The summed E-state index contributed by atoms with van der Waals surface area (Å²) in [4.78, 5) is 4.37. The van der Waals surface area contributed by atoms with Crippen LogP contribution in [0.4, 0.5) is 0 Å². The Kier molecular flexibility index (Phi) is 3.17. The molecule has 0 bridgehead atoms. The Hall–Kier alpha value is -0.860. The predicted molar refractivity (Wildman–Crippen MR) is 56.0 cm³/mol. The first-order chi connectivity index (χ1) is 6.84. The van der Waals surface area contributed by atoms with Crippen molar-refractivity contribution in [3.8, 4) is 0 Å². The number of rotatable bonds is 2. The van der Waals surface area contributed by atoms with E-state index in [1.54, 1.807) is 0 Å². The lowest BCUT2D eigenvalue weighted by molar-refractivity contribution is 0.448. The molecule has 1 aliphatic rings. The van der Waals surface area contributed by atoms with Crippen LogP contribution >= 0.6 is 0 Å². The van der Waals surface area contributed by atoms with Gasteiger partial charge in [-0.3, -0.25) is 5.10 Å². The molecule has 0 aliphatic heterocycles. The Morgan fingerprint density at radius 1 is 1.21 bits per heavy atom. The van der Waals surface area contributed by atoms with Gasteiger partial charge in [0.1, 0.15) is 5.82 Å². The molecule has 1 aromatic rings. The first-order valence-corrected chi connectivity index (χ1v) is 5.72. The van der Waals surface area contributed by atoms with Gasteiger partial charge >= 0.3 is 0 Å². The average Bonchev–Trinajstić information content (AvgIpc) is 2.43. The molecule has 1 aliphatic carbocycles. The van der Waals surface area contributed by atoms with Crippen LogP contribution in [0.3, 0.4) is 0 Å². The monoisotopic (exact) mass is 193 g/mol. The van der Waals surface area contributed by atoms with E-state index >= 15 is 0 Å². The van der Waals surface area contributed by atoms with Gasteiger partial charge in [0.25, 0.3) is 0 Å². The van der Waals surface area contributed by atoms with Gasteiger partial charge in [-0.1, -0.05) is 38.5 Å². The number of aromatic nitrogens is 3. The molecule has 1 fully saturated rings. The smallest absolute Gasteiger partial charge is 0.150 e. The van der Waals surface area contributed by atoms with Crippen LogP contribution in [0.15, 0.2) is 0 Å². The molecule has 0 aromatic carbocycles. The topological polar surface area (TPSA) is 41.6 Å². The van der Waals surface area contributed by atoms with E-state index in [1.807, 2.05) is 6.92 Å². The van der Waals surface area contributed by atoms with Crippen LogP contribution in [-0.2, 0) is 6.42 Å². The van der Waals surface area contributed by atoms with Crippen molar-refractivity contribution < 1.29 is 0 Å². The SMILES string of the molecule is Cc1nc(CC2CCCCCC2)n[nH]1. The highest BCUT2D eigenvalue weighted by Crippen LogP contribution is 2.24. The van der Waals surface area contributed by atoms with Crippen molar-refractivity contribution in [1.29, 1.82) is 0 Å². The predicted octanol–water partition coefficient (Wildman–Crippen LogP) is 2.63. The Morgan fingerprint density at radius 2 is 1.93 bits per heavy atom. The number of aromatic amines is 1. The van der Waals surface area contributed by atoms with Gasteiger partial charge in [0.05, 0.1) is 0 Å². The van der Waals surface area contributed by atoms with Gasteiger partial charge < -0.3 is 0 Å². The minimum atomic E-state index is 0.827. The molecule has 78 valence electrons. The maximum atomic E-state index is 4.37. The fourth-order valence-electron chi connectivity index (χ4n) is 2.31. The molecule has 1 aromatic heterocycles. The fraction of sp³-hybridized carbons (Fsp3) is 0.818. The van der Waals surface area contributed by atoms with E-state index in [4.69, 9.17) is 0 Å². The molecule has 1 saturated carbocycles. The van der Waals surface area contributed by atoms with Gasteiger partial charge in [-0.15, -0.1) is 0 Å². The molecule has 2 rings (SSSR count). The Morgan fingerprint density at radius 3 is 2.50 bits per heavy atom. The number of H-pyrrole nitrogens is 1. The Balaban J connectivity index is 1.89. The highest BCUT2D eigenvalue weighted by Gasteiger charge is 2.14. The van der Waals surface area contributed by atoms with Crippen molar-refractivity contribution in [3.05, 3.63) is 11.6 Å². The zero-order valence-electron chi connectivity index (χ0n) is 8.92. The zero-order chi connectivity index (χ0) is 9.80. The van der Waals surface area contributed by atoms with Crippen LogP contribution in [0.1, 0.15) is 50.2 Å². The largest absolute Gasteiger partial charge is 0.263 e. The summed E-state index contributed by atoms with van der Waals surface area (Å²) in [5.41, 5.74) is 0. The summed E-state index contributed by atoms with van der Waals surface area (Å²) in [5.74, 6) is 2.77. The van der Waals surface area contributed by atoms with Crippen molar-refractivity contribution in [2.45, 2.75) is 51.9 Å². The van der Waals surface area contributed by atoms with E-state index in [2.05, 4.69) is 15.2 Å². The Labute approximate surface area is 85.3 Å². The van der Waals surface area contributed by atoms with Gasteiger partial charge in [0, 0.05) is 6.42 Å². The molecule has 0 unspecified atom stereocenters. The number of nitrogens with one attached hydrogen (secondary N) is 1. The number of nitrogens with zero attached hydrogens (tertiary/aromatic N) is 2. The van der Waals surface area contributed by atoms with E-state index < -0.39 is 0 Å². The lowest BCUT2D eigenvalue weighted by atomic mass is 9.96. The highest BCUT2D eigenvalue weighted by atomic mass is 15.2. The van der Waals surface area contributed by atoms with Gasteiger partial charge in [-0.05, 0) is 12.8 Å². The minimum absolute atomic E-state index is 0.827. The average molecular weight is 193 g/mol. The second kappa shape index (κ2) is 4.58. The summed E-state index contributed by atoms with van der Waals surface area (Å²) in [7, 11) is 0. The van der Waals surface area contributed by atoms with Crippen molar-refractivity contribution in [1.82, 2.24) is 15.2 Å². The maximum absolute atomic E-state index is 4.37. The third kappa shape index (κ3) is 2.56. The first kappa shape index (κ1) is 9.69. The molecule has 0 saturated heterocycles. The minimum Gasteiger partial charge on any atom is -0.263 e. The van der Waals surface area contributed by atoms with Crippen LogP contribution in [0.2, 0.25) is 0 Å². The molecule has 0 atom stereocenters. The van der Waals surface area contributed by atoms with E-state index in [1.165, 1.54) is 38.5 Å². The Bertz CT molecular complexity index is 272. The standard InChI is InChI=1S/C11H19N3/c1-9-12-11(14-13-9)8-10-6-4-2-3-5-7-10/h10H,2-8H2,1H3,(H,12,13,14). The molecule has 1 heterocycles. The molecule has 3 heteroatoms. The van der Waals surface area contributed by atoms with Crippen LogP contribution in [0.25, 0.3) is 0 Å². The summed E-state index contributed by atoms with van der Waals surface area (Å²) in [6.07, 6.45) is 9.45. The van der Waals surface area contributed by atoms with Crippen LogP contribution in [-0.4, -0.2) is 15.2 Å². The van der Waals surface area contributed by atoms with Gasteiger partial charge in [0.2, 0.25) is 0 Å². The number of hydrogen-bond acceptors (Lipinski definition) is 2. The quantitative estimate of drug-likeness (QED) is 0.733. The summed E-state index contributed by atoms with van der Waals surface area (Å²) >= 11 is 0. The zero-order valence-corrected chi connectivity index (χ0v) is 8.92. The molecular weight excluding hydrogens is 174 g/mol. The fourth-order valence-corrected chi connectivity index (χ4v) is 2.31. The summed E-state index contributed by atoms with van der Waals surface area (Å²) in [5, 5.41) is 7.12. The van der Waals surface area contributed by atoms with E-state index in [9.17, 15) is 0 Å². The molecular formula is C11H19N3. The number of aryl methyl sites for hydroxylation is 1. The van der Waals surface area contributed by atoms with Crippen LogP contribution < -0.4 is 0 Å². The molecule has 0 spiro atoms. The van der Waals surface area contributed by atoms with Gasteiger partial charge in [-0.25, -0.2) is 4.98 Å². The molecule has 14 heavy (non-hydrogen) atoms. The summed E-state index contributed by atoms with van der Waals surface area (Å²) in [6.45, 7) is 1.96. The number of hydrogen-bond donors (Lipinski definition) is 1. The van der Waals surface area contributed by atoms with Crippen LogP contribution in [0, 0.1) is 12.8 Å². The highest BCUT2D eigenvalue weighted by molar-refractivity contribution is 4.89. The molecule has 0 amide bonds. The lowest BCUT2D eigenvalue weighted by Crippen LogP contribution is -2.04. The normalized spacial score (nSPS) is 19.5. The second-order valence-corrected chi connectivity index (χ2v) is 4.40. The first-order valence-electron chi connectivity index (χ1n) is 5.72. The van der Waals surface area contributed by atoms with Gasteiger partial charge in [0.15, 0.2) is 5.82 Å². The van der Waals surface area contributed by atoms with E-state index in [0.29, 0.717) is 0 Å². The van der Waals surface area contributed by atoms with E-state index in [-0.39, 0.29) is 0 Å². The molecule has 3 nitrogen and oxygen atoms in total. The lowest BCUT2D eigenvalue weighted by Gasteiger charge is -2.10. The summed E-state index contributed by atoms with van der Waals surface area (Å²) in [6, 6.07) is 0. The van der Waals surface area contributed by atoms with Crippen molar-refractivity contribution >= 4 is 0 Å². The van der Waals surface area contributed by atoms with Crippen molar-refractivity contribution in [3.63, 3.8) is 0 Å². The van der Waals surface area contributed by atoms with Gasteiger partial charge in [-0.2, -0.15) is 5.10 Å². The van der Waals surface area contributed by atoms with Crippen LogP contribution in [0.5, 0.6) is 0 Å². The molecule has 1 N–H and O–H groups in total. The van der Waals surface area contributed by atoms with Crippen molar-refractivity contribution in [2.24, 2.45) is 5.92 Å². The maximum Gasteiger partial charge on any atom is 0.150 e. The van der Waals surface area contributed by atoms with Crippen molar-refractivity contribution in [2.75, 3.05) is 0 Å². The summed E-state index contributed by atoms with van der Waals surface area (Å²) < 4.78 is 0. The molecule has 0 radical (unpaired) electrons. The second-order valence-electron chi connectivity index (χ2n) is 4.40.